The average Bonchev–Trinajstić information content (AvgIpc) is 3.56. The van der Waals surface area contributed by atoms with Gasteiger partial charge in [-0.3, -0.25) is 9.52 Å². The molecule has 4 N–H and O–H groups in total. The summed E-state index contributed by atoms with van der Waals surface area (Å²) in [5.74, 6) is -3.90. The van der Waals surface area contributed by atoms with E-state index < -0.39 is 49.7 Å². The van der Waals surface area contributed by atoms with Gasteiger partial charge in [0.15, 0.2) is 11.6 Å². The smallest absolute Gasteiger partial charge is 0.262 e. The van der Waals surface area contributed by atoms with Crippen LogP contribution in [0, 0.1) is 30.2 Å². The molecule has 0 saturated carbocycles. The number of anilines is 2. The summed E-state index contributed by atoms with van der Waals surface area (Å²) in [5, 5.41) is 4.49. The van der Waals surface area contributed by atoms with Gasteiger partial charge >= 0.3 is 0 Å². The Hall–Kier alpha value is -5.63. The molecule has 0 saturated heterocycles. The Balaban J connectivity index is 1.26. The highest BCUT2D eigenvalue weighted by atomic mass is 32.2. The molecular weight excluding hydrogens is 614 g/mol. The van der Waals surface area contributed by atoms with Crippen LogP contribution in [0.4, 0.5) is 29.1 Å². The van der Waals surface area contributed by atoms with Crippen LogP contribution in [0.25, 0.3) is 16.6 Å². The number of aromatic nitrogens is 3. The Kier molecular flexibility index (Phi) is 7.29. The van der Waals surface area contributed by atoms with E-state index in [0.717, 1.165) is 12.1 Å². The van der Waals surface area contributed by atoms with Crippen molar-refractivity contribution < 1.29 is 35.5 Å². The molecule has 2 aromatic heterocycles. The molecule has 0 atom stereocenters. The highest BCUT2D eigenvalue weighted by molar-refractivity contribution is 7.92. The topological polar surface area (TPSA) is 132 Å². The van der Waals surface area contributed by atoms with Crippen LogP contribution in [0.2, 0.25) is 0 Å². The number of nitrogen functional groups attached to an aromatic ring is 1. The molecule has 228 valence electrons. The number of fused-ring (bicyclic) bond motifs is 1. The van der Waals surface area contributed by atoms with E-state index in [9.17, 15) is 30.8 Å². The third-order valence-corrected chi connectivity index (χ3v) is 8.20. The first-order valence-electron chi connectivity index (χ1n) is 13.1. The van der Waals surface area contributed by atoms with Crippen LogP contribution in [-0.4, -0.2) is 29.0 Å². The van der Waals surface area contributed by atoms with E-state index in [2.05, 4.69) is 10.1 Å². The van der Waals surface area contributed by atoms with Gasteiger partial charge in [-0.2, -0.15) is 5.10 Å². The number of H-pyrrole nitrogens is 1. The molecule has 0 fully saturated rings. The number of carbonyl (C=O) groups is 1. The normalized spacial score (nSPS) is 11.6. The lowest BCUT2D eigenvalue weighted by atomic mass is 10.1. The van der Waals surface area contributed by atoms with Gasteiger partial charge in [-0.05, 0) is 73.2 Å². The molecule has 0 amide bonds. The monoisotopic (exact) mass is 635 g/mol. The first kappa shape index (κ1) is 29.4. The minimum Gasteiger partial charge on any atom is -0.454 e. The van der Waals surface area contributed by atoms with Crippen LogP contribution in [0.15, 0.2) is 90.0 Å². The van der Waals surface area contributed by atoms with E-state index in [-0.39, 0.29) is 33.7 Å². The molecule has 14 heteroatoms. The lowest BCUT2D eigenvalue weighted by Gasteiger charge is -2.12. The van der Waals surface area contributed by atoms with Gasteiger partial charge in [0, 0.05) is 17.0 Å². The first-order valence-corrected chi connectivity index (χ1v) is 14.6. The Labute approximate surface area is 252 Å². The second-order valence-electron chi connectivity index (χ2n) is 9.98. The molecule has 6 rings (SSSR count). The lowest BCUT2D eigenvalue weighted by Crippen LogP contribution is -2.14. The number of carbonyl (C=O) groups excluding carboxylic acids is 1. The number of aryl methyl sites for hydroxylation is 1. The molecular formula is C31H21F4N5O4S. The van der Waals surface area contributed by atoms with Crippen LogP contribution in [0.1, 0.15) is 21.6 Å². The van der Waals surface area contributed by atoms with E-state index in [1.54, 1.807) is 37.3 Å². The molecule has 45 heavy (non-hydrogen) atoms. The van der Waals surface area contributed by atoms with Crippen molar-refractivity contribution in [2.75, 3.05) is 10.5 Å². The van der Waals surface area contributed by atoms with Gasteiger partial charge in [0.1, 0.15) is 29.0 Å². The van der Waals surface area contributed by atoms with Crippen molar-refractivity contribution in [3.63, 3.8) is 0 Å². The van der Waals surface area contributed by atoms with Crippen molar-refractivity contribution in [2.24, 2.45) is 0 Å². The summed E-state index contributed by atoms with van der Waals surface area (Å²) in [6.45, 7) is 1.76. The maximum Gasteiger partial charge on any atom is 0.262 e. The Bertz CT molecular complexity index is 2230. The van der Waals surface area contributed by atoms with E-state index in [4.69, 9.17) is 10.5 Å². The minimum atomic E-state index is -4.56. The summed E-state index contributed by atoms with van der Waals surface area (Å²) >= 11 is 0. The van der Waals surface area contributed by atoms with Gasteiger partial charge in [-0.1, -0.05) is 12.1 Å². The summed E-state index contributed by atoms with van der Waals surface area (Å²) in [7, 11) is -4.56. The number of ketones is 1. The van der Waals surface area contributed by atoms with E-state index >= 15 is 0 Å². The highest BCUT2D eigenvalue weighted by Gasteiger charge is 2.23. The molecule has 6 aromatic rings. The van der Waals surface area contributed by atoms with Gasteiger partial charge in [0.2, 0.25) is 5.78 Å². The van der Waals surface area contributed by atoms with Crippen molar-refractivity contribution in [3.8, 4) is 17.2 Å². The fourth-order valence-corrected chi connectivity index (χ4v) is 5.79. The Morgan fingerprint density at radius 2 is 1.67 bits per heavy atom. The summed E-state index contributed by atoms with van der Waals surface area (Å²) in [5.41, 5.74) is 7.21. The Morgan fingerprint density at radius 3 is 2.38 bits per heavy atom. The van der Waals surface area contributed by atoms with Crippen LogP contribution in [-0.2, 0) is 10.0 Å². The number of rotatable bonds is 8. The number of para-hydroxylation sites is 1. The predicted octanol–water partition coefficient (Wildman–Crippen LogP) is 6.62. The number of ether oxygens (including phenoxy) is 1. The van der Waals surface area contributed by atoms with Crippen molar-refractivity contribution in [3.05, 3.63) is 125 Å². The standard InChI is InChI=1S/C31H21F4N5O4S/c1-16-8-20(44-29-5-3-2-4-23(29)34)6-7-28(16)40-31(36)22(15-37-40)30(41)27-10-17-9-24(35)26(14-25(17)38-27)39-45(42,43)21-12-18(32)11-19(33)13-21/h2-15,38-39H,36H2,1H3. The minimum absolute atomic E-state index is 0.00600. The van der Waals surface area contributed by atoms with Gasteiger partial charge in [0.25, 0.3) is 10.0 Å². The number of nitrogens with two attached hydrogens (primary N) is 1. The quantitative estimate of drug-likeness (QED) is 0.127. The zero-order chi connectivity index (χ0) is 32.0. The largest absolute Gasteiger partial charge is 0.454 e. The number of hydrogen-bond donors (Lipinski definition) is 3. The number of sulfonamides is 1. The molecule has 0 unspecified atom stereocenters. The van der Waals surface area contributed by atoms with Crippen molar-refractivity contribution in [1.82, 2.24) is 14.8 Å². The molecule has 9 nitrogen and oxygen atoms in total. The van der Waals surface area contributed by atoms with Crippen LogP contribution in [0.5, 0.6) is 11.5 Å². The molecule has 0 bridgehead atoms. The van der Waals surface area contributed by atoms with Crippen LogP contribution >= 0.6 is 0 Å². The number of hydrogen-bond acceptors (Lipinski definition) is 6. The zero-order valence-electron chi connectivity index (χ0n) is 23.1. The highest BCUT2D eigenvalue weighted by Crippen LogP contribution is 2.31. The summed E-state index contributed by atoms with van der Waals surface area (Å²) in [6.07, 6.45) is 1.27. The maximum atomic E-state index is 14.9. The Morgan fingerprint density at radius 1 is 0.933 bits per heavy atom. The number of nitrogens with one attached hydrogen (secondary N) is 2. The van der Waals surface area contributed by atoms with Gasteiger partial charge in [0.05, 0.1) is 33.7 Å². The number of nitrogens with zero attached hydrogens (tertiary/aromatic N) is 2. The van der Waals surface area contributed by atoms with Crippen LogP contribution in [0.3, 0.4) is 0 Å². The average molecular weight is 636 g/mol. The van der Waals surface area contributed by atoms with Crippen molar-refractivity contribution in [2.45, 2.75) is 11.8 Å². The van der Waals surface area contributed by atoms with Gasteiger partial charge in [-0.15, -0.1) is 0 Å². The molecule has 0 radical (unpaired) electrons. The third kappa shape index (κ3) is 5.70. The molecule has 2 heterocycles. The second-order valence-corrected chi connectivity index (χ2v) is 11.7. The number of halogens is 4. The van der Waals surface area contributed by atoms with Gasteiger partial charge in [-0.25, -0.2) is 30.7 Å². The van der Waals surface area contributed by atoms with Gasteiger partial charge < -0.3 is 15.5 Å². The van der Waals surface area contributed by atoms with E-state index in [1.807, 2.05) is 4.72 Å². The maximum absolute atomic E-state index is 14.9. The summed E-state index contributed by atoms with van der Waals surface area (Å²) in [6, 6.07) is 16.0. The zero-order valence-corrected chi connectivity index (χ0v) is 23.9. The summed E-state index contributed by atoms with van der Waals surface area (Å²) < 4.78 is 90.3. The SMILES string of the molecule is Cc1cc(Oc2ccccc2F)ccc1-n1ncc(C(=O)c2cc3cc(F)c(NS(=O)(=O)c4cc(F)cc(F)c4)cc3[nH]2)c1N. The lowest BCUT2D eigenvalue weighted by molar-refractivity contribution is 0.103. The van der Waals surface area contributed by atoms with Crippen LogP contribution < -0.4 is 15.2 Å². The summed E-state index contributed by atoms with van der Waals surface area (Å²) in [4.78, 5) is 15.5. The first-order chi connectivity index (χ1) is 21.4. The van der Waals surface area contributed by atoms with Crippen molar-refractivity contribution >= 4 is 38.2 Å². The molecule has 0 spiro atoms. The predicted molar refractivity (Wildman–Crippen MR) is 158 cm³/mol. The fraction of sp³-hybridized carbons (Fsp3) is 0.0323. The molecule has 0 aliphatic heterocycles. The molecule has 0 aliphatic rings. The number of aromatic amines is 1. The molecule has 4 aromatic carbocycles. The van der Waals surface area contributed by atoms with E-state index in [1.165, 1.54) is 29.1 Å². The van der Waals surface area contributed by atoms with E-state index in [0.29, 0.717) is 35.2 Å². The second kappa shape index (κ2) is 11.1. The number of benzene rings is 4. The van der Waals surface area contributed by atoms with Crippen molar-refractivity contribution in [1.29, 1.82) is 0 Å². The fourth-order valence-electron chi connectivity index (χ4n) is 4.69. The molecule has 0 aliphatic carbocycles. The third-order valence-electron chi connectivity index (χ3n) is 6.86.